The fourth-order valence-electron chi connectivity index (χ4n) is 3.50. The Bertz CT molecular complexity index is 1020. The SMILES string of the molecule is Cc1c(N2C(=O)OCC2C(F)(F)F)nc2n1CCOc1cc(NCC(N)=O)ccc1-2. The zero-order valence-electron chi connectivity index (χ0n) is 15.8. The summed E-state index contributed by atoms with van der Waals surface area (Å²) in [6, 6.07) is 2.90. The Morgan fingerprint density at radius 1 is 1.37 bits per heavy atom. The number of halogens is 3. The molecule has 9 nitrogen and oxygen atoms in total. The zero-order valence-corrected chi connectivity index (χ0v) is 15.8. The Morgan fingerprint density at radius 2 is 2.13 bits per heavy atom. The van der Waals surface area contributed by atoms with Gasteiger partial charge in [-0.05, 0) is 19.1 Å². The Morgan fingerprint density at radius 3 is 2.83 bits per heavy atom. The minimum Gasteiger partial charge on any atom is -0.491 e. The van der Waals surface area contributed by atoms with E-state index in [1.807, 2.05) is 0 Å². The summed E-state index contributed by atoms with van der Waals surface area (Å²) in [4.78, 5) is 27.9. The van der Waals surface area contributed by atoms with Crippen LogP contribution in [0.3, 0.4) is 0 Å². The molecule has 3 N–H and O–H groups in total. The van der Waals surface area contributed by atoms with Crippen molar-refractivity contribution in [1.29, 1.82) is 0 Å². The number of hydrogen-bond donors (Lipinski definition) is 2. The van der Waals surface area contributed by atoms with Gasteiger partial charge in [-0.25, -0.2) is 14.7 Å². The molecule has 160 valence electrons. The lowest BCUT2D eigenvalue weighted by Crippen LogP contribution is -2.44. The largest absolute Gasteiger partial charge is 0.491 e. The quantitative estimate of drug-likeness (QED) is 0.776. The highest BCUT2D eigenvalue weighted by molar-refractivity contribution is 5.91. The lowest BCUT2D eigenvalue weighted by Gasteiger charge is -2.22. The first-order chi connectivity index (χ1) is 14.2. The van der Waals surface area contributed by atoms with Gasteiger partial charge in [-0.2, -0.15) is 13.2 Å². The fourth-order valence-corrected chi connectivity index (χ4v) is 3.50. The van der Waals surface area contributed by atoms with Gasteiger partial charge in [-0.15, -0.1) is 0 Å². The van der Waals surface area contributed by atoms with E-state index in [1.165, 1.54) is 0 Å². The molecule has 2 aliphatic rings. The Balaban J connectivity index is 1.75. The summed E-state index contributed by atoms with van der Waals surface area (Å²) in [6.07, 6.45) is -5.74. The molecule has 0 radical (unpaired) electrons. The summed E-state index contributed by atoms with van der Waals surface area (Å²) in [7, 11) is 0. The second kappa shape index (κ2) is 7.11. The summed E-state index contributed by atoms with van der Waals surface area (Å²) < 4.78 is 52.3. The van der Waals surface area contributed by atoms with Crippen LogP contribution in [-0.2, 0) is 16.1 Å². The normalized spacial score (nSPS) is 18.2. The average molecular weight is 425 g/mol. The number of cyclic esters (lactones) is 1. The number of nitrogens with two attached hydrogens (primary N) is 1. The third kappa shape index (κ3) is 3.37. The van der Waals surface area contributed by atoms with Crippen LogP contribution in [0, 0.1) is 6.92 Å². The van der Waals surface area contributed by atoms with Gasteiger partial charge in [-0.3, -0.25) is 4.79 Å². The smallest absolute Gasteiger partial charge is 0.416 e. The number of hydrogen-bond acceptors (Lipinski definition) is 6. The number of fused-ring (bicyclic) bond motifs is 3. The van der Waals surface area contributed by atoms with Crippen LogP contribution in [-0.4, -0.2) is 53.5 Å². The first-order valence-electron chi connectivity index (χ1n) is 9.06. The topological polar surface area (TPSA) is 112 Å². The molecule has 2 aliphatic heterocycles. The van der Waals surface area contributed by atoms with Crippen LogP contribution in [0.2, 0.25) is 0 Å². The summed E-state index contributed by atoms with van der Waals surface area (Å²) in [6.45, 7) is 1.32. The molecule has 4 rings (SSSR count). The molecule has 12 heteroatoms. The van der Waals surface area contributed by atoms with E-state index < -0.39 is 30.8 Å². The van der Waals surface area contributed by atoms with Gasteiger partial charge in [0.2, 0.25) is 5.91 Å². The van der Waals surface area contributed by atoms with Crippen LogP contribution in [0.4, 0.5) is 29.5 Å². The molecule has 0 saturated carbocycles. The number of nitrogens with one attached hydrogen (secondary N) is 1. The van der Waals surface area contributed by atoms with E-state index in [-0.39, 0.29) is 19.0 Å². The average Bonchev–Trinajstić information content (AvgIpc) is 3.14. The highest BCUT2D eigenvalue weighted by Gasteiger charge is 2.53. The third-order valence-electron chi connectivity index (χ3n) is 4.94. The predicted octanol–water partition coefficient (Wildman–Crippen LogP) is 2.04. The van der Waals surface area contributed by atoms with Crippen molar-refractivity contribution in [2.24, 2.45) is 5.73 Å². The van der Waals surface area contributed by atoms with Gasteiger partial charge in [0.15, 0.2) is 11.9 Å². The molecule has 1 atom stereocenters. The summed E-state index contributed by atoms with van der Waals surface area (Å²) in [5.41, 5.74) is 6.66. The van der Waals surface area contributed by atoms with E-state index >= 15 is 0 Å². The Labute approximate surface area is 168 Å². The van der Waals surface area contributed by atoms with E-state index in [4.69, 9.17) is 10.5 Å². The summed E-state index contributed by atoms with van der Waals surface area (Å²) >= 11 is 0. The number of anilines is 2. The molecular weight excluding hydrogens is 407 g/mol. The summed E-state index contributed by atoms with van der Waals surface area (Å²) in [5.74, 6) is 0.185. The lowest BCUT2D eigenvalue weighted by molar-refractivity contribution is -0.147. The van der Waals surface area contributed by atoms with Crippen molar-refractivity contribution in [3.05, 3.63) is 23.9 Å². The first kappa shape index (κ1) is 19.9. The molecule has 0 spiro atoms. The molecule has 1 fully saturated rings. The zero-order chi connectivity index (χ0) is 21.6. The van der Waals surface area contributed by atoms with E-state index in [0.717, 1.165) is 0 Å². The predicted molar refractivity (Wildman–Crippen MR) is 99.2 cm³/mol. The number of nitrogens with zero attached hydrogens (tertiary/aromatic N) is 3. The molecule has 1 saturated heterocycles. The number of carbonyl (C=O) groups excluding carboxylic acids is 2. The molecule has 1 aromatic carbocycles. The number of primary amides is 1. The van der Waals surface area contributed by atoms with Crippen LogP contribution in [0.1, 0.15) is 5.69 Å². The number of benzene rings is 1. The first-order valence-corrected chi connectivity index (χ1v) is 9.06. The molecule has 1 aromatic heterocycles. The maximum atomic E-state index is 13.4. The highest BCUT2D eigenvalue weighted by atomic mass is 19.4. The van der Waals surface area contributed by atoms with Gasteiger partial charge in [-0.1, -0.05) is 0 Å². The molecule has 30 heavy (non-hydrogen) atoms. The third-order valence-corrected chi connectivity index (χ3v) is 4.94. The standard InChI is InChI=1S/C18H18F3N5O4/c1-9-15(26-13(18(19,20)21)8-30-17(26)28)24-16-11-3-2-10(23-7-14(22)27)6-12(11)29-5-4-25(9)16/h2-3,6,13,23H,4-5,7-8H2,1H3,(H2,22,27). The summed E-state index contributed by atoms with van der Waals surface area (Å²) in [5, 5.41) is 2.85. The highest BCUT2D eigenvalue weighted by Crippen LogP contribution is 2.40. The molecule has 0 aliphatic carbocycles. The van der Waals surface area contributed by atoms with Crippen molar-refractivity contribution in [3.63, 3.8) is 0 Å². The van der Waals surface area contributed by atoms with Crippen molar-refractivity contribution < 1.29 is 32.2 Å². The van der Waals surface area contributed by atoms with E-state index in [1.54, 1.807) is 29.7 Å². The molecule has 3 heterocycles. The molecule has 2 aromatic rings. The number of rotatable bonds is 4. The number of amides is 2. The van der Waals surface area contributed by atoms with Crippen LogP contribution in [0.15, 0.2) is 18.2 Å². The molecular formula is C18H18F3N5O4. The van der Waals surface area contributed by atoms with E-state index in [0.29, 0.717) is 40.0 Å². The molecule has 2 amide bonds. The van der Waals surface area contributed by atoms with Gasteiger partial charge in [0, 0.05) is 11.8 Å². The number of ether oxygens (including phenoxy) is 2. The maximum absolute atomic E-state index is 13.4. The van der Waals surface area contributed by atoms with Gasteiger partial charge in [0.05, 0.1) is 24.3 Å². The van der Waals surface area contributed by atoms with E-state index in [2.05, 4.69) is 15.0 Å². The number of aromatic nitrogens is 2. The number of imidazole rings is 1. The minimum absolute atomic E-state index is 0.0629. The fraction of sp³-hybridized carbons (Fsp3) is 0.389. The van der Waals surface area contributed by atoms with Gasteiger partial charge in [0.1, 0.15) is 24.8 Å². The van der Waals surface area contributed by atoms with Crippen molar-refractivity contribution in [2.75, 3.05) is 30.0 Å². The van der Waals surface area contributed by atoms with Gasteiger partial charge >= 0.3 is 12.3 Å². The molecule has 1 unspecified atom stereocenters. The number of carbonyl (C=O) groups is 2. The van der Waals surface area contributed by atoms with Crippen molar-refractivity contribution >= 4 is 23.5 Å². The second-order valence-electron chi connectivity index (χ2n) is 6.88. The number of alkyl halides is 3. The van der Waals surface area contributed by atoms with Crippen LogP contribution in [0.25, 0.3) is 11.4 Å². The second-order valence-corrected chi connectivity index (χ2v) is 6.88. The van der Waals surface area contributed by atoms with Crippen molar-refractivity contribution in [3.8, 4) is 17.1 Å². The van der Waals surface area contributed by atoms with Gasteiger partial charge in [0.25, 0.3) is 0 Å². The van der Waals surface area contributed by atoms with Crippen LogP contribution in [0.5, 0.6) is 5.75 Å². The van der Waals surface area contributed by atoms with Crippen LogP contribution >= 0.6 is 0 Å². The Hall–Kier alpha value is -3.44. The Kier molecular flexibility index (Phi) is 4.71. The maximum Gasteiger partial charge on any atom is 0.416 e. The minimum atomic E-state index is -4.65. The van der Waals surface area contributed by atoms with E-state index in [9.17, 15) is 22.8 Å². The molecule has 0 bridgehead atoms. The van der Waals surface area contributed by atoms with Crippen molar-refractivity contribution in [2.45, 2.75) is 25.7 Å². The lowest BCUT2D eigenvalue weighted by atomic mass is 10.1. The monoisotopic (exact) mass is 425 g/mol. The van der Waals surface area contributed by atoms with Crippen LogP contribution < -0.4 is 20.7 Å². The van der Waals surface area contributed by atoms with Gasteiger partial charge < -0.3 is 25.1 Å². The van der Waals surface area contributed by atoms with Crippen molar-refractivity contribution in [1.82, 2.24) is 9.55 Å².